The summed E-state index contributed by atoms with van der Waals surface area (Å²) in [5.74, 6) is 0. The molecule has 0 saturated carbocycles. The SMILES string of the molecule is CCC=CCC=CC/C=C\CCCCCCCC. The number of hydrogen-bond donors (Lipinski definition) is 0. The van der Waals surface area contributed by atoms with Gasteiger partial charge in [0.05, 0.1) is 0 Å². The van der Waals surface area contributed by atoms with Gasteiger partial charge in [0.25, 0.3) is 0 Å². The van der Waals surface area contributed by atoms with Gasteiger partial charge in [-0.05, 0) is 32.1 Å². The fourth-order valence-electron chi connectivity index (χ4n) is 1.87. The van der Waals surface area contributed by atoms with Gasteiger partial charge in [0.1, 0.15) is 0 Å². The van der Waals surface area contributed by atoms with Crippen molar-refractivity contribution in [2.24, 2.45) is 0 Å². The van der Waals surface area contributed by atoms with Gasteiger partial charge in [-0.15, -0.1) is 0 Å². The van der Waals surface area contributed by atoms with E-state index in [0.717, 1.165) is 19.3 Å². The first-order valence-electron chi connectivity index (χ1n) is 7.86. The summed E-state index contributed by atoms with van der Waals surface area (Å²) in [6.07, 6.45) is 26.6. The van der Waals surface area contributed by atoms with Crippen molar-refractivity contribution in [1.82, 2.24) is 0 Å². The van der Waals surface area contributed by atoms with E-state index in [9.17, 15) is 0 Å². The van der Waals surface area contributed by atoms with Crippen molar-refractivity contribution in [2.45, 2.75) is 78.1 Å². The lowest BCUT2D eigenvalue weighted by Gasteiger charge is -1.97. The Balaban J connectivity index is 3.20. The maximum atomic E-state index is 2.34. The summed E-state index contributed by atoms with van der Waals surface area (Å²) < 4.78 is 0. The average Bonchev–Trinajstić information content (AvgIpc) is 2.39. The van der Waals surface area contributed by atoms with Crippen molar-refractivity contribution in [3.63, 3.8) is 0 Å². The Morgan fingerprint density at radius 3 is 1.78 bits per heavy atom. The lowest BCUT2D eigenvalue weighted by atomic mass is 10.1. The monoisotopic (exact) mass is 248 g/mol. The Bertz CT molecular complexity index is 220. The third-order valence-corrected chi connectivity index (χ3v) is 3.00. The van der Waals surface area contributed by atoms with Gasteiger partial charge >= 0.3 is 0 Å². The van der Waals surface area contributed by atoms with Gasteiger partial charge in [-0.3, -0.25) is 0 Å². The van der Waals surface area contributed by atoms with Crippen molar-refractivity contribution in [3.8, 4) is 0 Å². The molecule has 0 N–H and O–H groups in total. The standard InChI is InChI=1S/C18H32/c1-3-5-7-9-11-13-15-17-18-16-14-12-10-8-6-4-2/h5,7,11,13,17-18H,3-4,6,8-10,12,14-16H2,1-2H3/b7-5?,13-11?,18-17-. The number of allylic oxidation sites excluding steroid dienone is 6. The minimum Gasteiger partial charge on any atom is -0.0885 e. The zero-order chi connectivity index (χ0) is 13.3. The predicted molar refractivity (Wildman–Crippen MR) is 84.9 cm³/mol. The second-order valence-corrected chi connectivity index (χ2v) is 4.85. The summed E-state index contributed by atoms with van der Waals surface area (Å²) in [5, 5.41) is 0. The van der Waals surface area contributed by atoms with E-state index in [1.54, 1.807) is 0 Å². The fourth-order valence-corrected chi connectivity index (χ4v) is 1.87. The second kappa shape index (κ2) is 16.2. The molecule has 0 aromatic rings. The molecule has 0 aromatic heterocycles. The third-order valence-electron chi connectivity index (χ3n) is 3.00. The normalized spacial score (nSPS) is 12.3. The molecule has 0 rings (SSSR count). The first kappa shape index (κ1) is 17.2. The molecule has 0 amide bonds. The summed E-state index contributed by atoms with van der Waals surface area (Å²) in [6.45, 7) is 4.44. The maximum absolute atomic E-state index is 2.34. The molecule has 18 heavy (non-hydrogen) atoms. The van der Waals surface area contributed by atoms with Crippen molar-refractivity contribution in [2.75, 3.05) is 0 Å². The summed E-state index contributed by atoms with van der Waals surface area (Å²) in [4.78, 5) is 0. The molecule has 0 spiro atoms. The highest BCUT2D eigenvalue weighted by Gasteiger charge is 1.87. The summed E-state index contributed by atoms with van der Waals surface area (Å²) in [7, 11) is 0. The third kappa shape index (κ3) is 15.2. The Morgan fingerprint density at radius 1 is 0.556 bits per heavy atom. The highest BCUT2D eigenvalue weighted by atomic mass is 13.9. The Labute approximate surface area is 115 Å². The maximum Gasteiger partial charge on any atom is -0.0169 e. The molecule has 104 valence electrons. The molecule has 0 aliphatic carbocycles. The lowest BCUT2D eigenvalue weighted by Crippen LogP contribution is -1.77. The molecule has 0 fully saturated rings. The smallest absolute Gasteiger partial charge is 0.0169 e. The largest absolute Gasteiger partial charge is 0.0885 e. The summed E-state index contributed by atoms with van der Waals surface area (Å²) in [6, 6.07) is 0. The van der Waals surface area contributed by atoms with Crippen LogP contribution in [0.15, 0.2) is 36.5 Å². The van der Waals surface area contributed by atoms with Crippen molar-refractivity contribution >= 4 is 0 Å². The fraction of sp³-hybridized carbons (Fsp3) is 0.667. The van der Waals surface area contributed by atoms with E-state index in [-0.39, 0.29) is 0 Å². The van der Waals surface area contributed by atoms with Crippen LogP contribution in [0.1, 0.15) is 78.1 Å². The van der Waals surface area contributed by atoms with Crippen LogP contribution in [0, 0.1) is 0 Å². The Morgan fingerprint density at radius 2 is 1.11 bits per heavy atom. The molecule has 0 nitrogen and oxygen atoms in total. The molecule has 0 atom stereocenters. The zero-order valence-electron chi connectivity index (χ0n) is 12.5. The molecule has 0 aliphatic heterocycles. The van der Waals surface area contributed by atoms with Crippen LogP contribution < -0.4 is 0 Å². The molecular formula is C18H32. The zero-order valence-corrected chi connectivity index (χ0v) is 12.5. The minimum atomic E-state index is 1.08. The summed E-state index contributed by atoms with van der Waals surface area (Å²) >= 11 is 0. The van der Waals surface area contributed by atoms with Crippen LogP contribution in [0.5, 0.6) is 0 Å². The quantitative estimate of drug-likeness (QED) is 0.270. The van der Waals surface area contributed by atoms with E-state index in [2.05, 4.69) is 50.3 Å². The first-order valence-corrected chi connectivity index (χ1v) is 7.86. The predicted octanol–water partition coefficient (Wildman–Crippen LogP) is 6.60. The molecule has 0 heteroatoms. The van der Waals surface area contributed by atoms with Gasteiger partial charge in [0.15, 0.2) is 0 Å². The van der Waals surface area contributed by atoms with Crippen molar-refractivity contribution < 1.29 is 0 Å². The van der Waals surface area contributed by atoms with E-state index in [1.807, 2.05) is 0 Å². The molecule has 0 unspecified atom stereocenters. The van der Waals surface area contributed by atoms with Gasteiger partial charge < -0.3 is 0 Å². The lowest BCUT2D eigenvalue weighted by molar-refractivity contribution is 0.611. The van der Waals surface area contributed by atoms with Gasteiger partial charge in [0, 0.05) is 0 Å². The first-order chi connectivity index (χ1) is 8.91. The van der Waals surface area contributed by atoms with Crippen LogP contribution in [0.3, 0.4) is 0 Å². The van der Waals surface area contributed by atoms with E-state index in [4.69, 9.17) is 0 Å². The number of hydrogen-bond acceptors (Lipinski definition) is 0. The molecule has 0 radical (unpaired) electrons. The average molecular weight is 248 g/mol. The van der Waals surface area contributed by atoms with Crippen LogP contribution in [-0.4, -0.2) is 0 Å². The van der Waals surface area contributed by atoms with Gasteiger partial charge in [-0.1, -0.05) is 82.4 Å². The second-order valence-electron chi connectivity index (χ2n) is 4.85. The van der Waals surface area contributed by atoms with Crippen LogP contribution in [0.25, 0.3) is 0 Å². The molecule has 0 aromatic carbocycles. The van der Waals surface area contributed by atoms with E-state index in [0.29, 0.717) is 0 Å². The van der Waals surface area contributed by atoms with Crippen molar-refractivity contribution in [1.29, 1.82) is 0 Å². The molecule has 0 aliphatic rings. The number of unbranched alkanes of at least 4 members (excludes halogenated alkanes) is 6. The number of rotatable bonds is 12. The van der Waals surface area contributed by atoms with Crippen LogP contribution in [0.2, 0.25) is 0 Å². The molecule has 0 saturated heterocycles. The Hall–Kier alpha value is -0.780. The highest BCUT2D eigenvalue weighted by molar-refractivity contribution is 4.96. The highest BCUT2D eigenvalue weighted by Crippen LogP contribution is 2.07. The Kier molecular flexibility index (Phi) is 15.5. The van der Waals surface area contributed by atoms with E-state index < -0.39 is 0 Å². The van der Waals surface area contributed by atoms with Gasteiger partial charge in [0.2, 0.25) is 0 Å². The van der Waals surface area contributed by atoms with Crippen molar-refractivity contribution in [3.05, 3.63) is 36.5 Å². The summed E-state index contributed by atoms with van der Waals surface area (Å²) in [5.41, 5.74) is 0. The minimum absolute atomic E-state index is 1.08. The molecule has 0 bridgehead atoms. The van der Waals surface area contributed by atoms with Gasteiger partial charge in [-0.25, -0.2) is 0 Å². The van der Waals surface area contributed by atoms with Gasteiger partial charge in [-0.2, -0.15) is 0 Å². The topological polar surface area (TPSA) is 0 Å². The van der Waals surface area contributed by atoms with Crippen LogP contribution in [0.4, 0.5) is 0 Å². The van der Waals surface area contributed by atoms with Crippen LogP contribution >= 0.6 is 0 Å². The van der Waals surface area contributed by atoms with E-state index >= 15 is 0 Å². The molecular weight excluding hydrogens is 216 g/mol. The van der Waals surface area contributed by atoms with Crippen LogP contribution in [-0.2, 0) is 0 Å². The van der Waals surface area contributed by atoms with E-state index in [1.165, 1.54) is 44.9 Å². The molecule has 0 heterocycles.